The van der Waals surface area contributed by atoms with Gasteiger partial charge in [0.25, 0.3) is 0 Å². The second kappa shape index (κ2) is 7.48. The highest BCUT2D eigenvalue weighted by atomic mass is 16.5. The Labute approximate surface area is 157 Å². The molecule has 0 radical (unpaired) electrons. The maximum absolute atomic E-state index is 9.65. The van der Waals surface area contributed by atoms with Crippen molar-refractivity contribution in [1.82, 2.24) is 25.0 Å². The summed E-state index contributed by atoms with van der Waals surface area (Å²) in [6.45, 7) is 4.75. The molecule has 8 nitrogen and oxygen atoms in total. The van der Waals surface area contributed by atoms with E-state index in [9.17, 15) is 5.11 Å². The second-order valence-corrected chi connectivity index (χ2v) is 7.28. The van der Waals surface area contributed by atoms with E-state index >= 15 is 0 Å². The molecule has 0 unspecified atom stereocenters. The van der Waals surface area contributed by atoms with Gasteiger partial charge in [-0.15, -0.1) is 5.10 Å². The molecule has 2 aromatic heterocycles. The lowest BCUT2D eigenvalue weighted by molar-refractivity contribution is 0.178. The van der Waals surface area contributed by atoms with Gasteiger partial charge in [-0.05, 0) is 63.3 Å². The molecule has 0 bridgehead atoms. The highest BCUT2D eigenvalue weighted by Crippen LogP contribution is 2.25. The first-order valence-corrected chi connectivity index (χ1v) is 9.36. The van der Waals surface area contributed by atoms with E-state index in [0.717, 1.165) is 37.2 Å². The monoisotopic (exact) mass is 368 g/mol. The van der Waals surface area contributed by atoms with Gasteiger partial charge in [-0.1, -0.05) is 5.21 Å². The Morgan fingerprint density at radius 2 is 2.07 bits per heavy atom. The summed E-state index contributed by atoms with van der Waals surface area (Å²) in [6, 6.07) is 7.69. The van der Waals surface area contributed by atoms with Gasteiger partial charge in [0.15, 0.2) is 11.2 Å². The number of ether oxygens (including phenoxy) is 1. The fourth-order valence-corrected chi connectivity index (χ4v) is 3.39. The summed E-state index contributed by atoms with van der Waals surface area (Å²) in [7, 11) is 0. The molecule has 0 saturated heterocycles. The summed E-state index contributed by atoms with van der Waals surface area (Å²) >= 11 is 0. The number of anilines is 1. The molecule has 4 rings (SSSR count). The Morgan fingerprint density at radius 3 is 2.78 bits per heavy atom. The van der Waals surface area contributed by atoms with Crippen LogP contribution in [0.25, 0.3) is 16.9 Å². The van der Waals surface area contributed by atoms with Crippen LogP contribution in [0.3, 0.4) is 0 Å². The second-order valence-electron chi connectivity index (χ2n) is 7.28. The van der Waals surface area contributed by atoms with Crippen molar-refractivity contribution in [3.8, 4) is 11.4 Å². The molecule has 3 aromatic rings. The Hall–Kier alpha value is -2.74. The van der Waals surface area contributed by atoms with E-state index in [1.54, 1.807) is 10.9 Å². The molecule has 8 heteroatoms. The Bertz CT molecular complexity index is 908. The third-order valence-corrected chi connectivity index (χ3v) is 4.71. The van der Waals surface area contributed by atoms with E-state index in [1.807, 2.05) is 38.1 Å². The van der Waals surface area contributed by atoms with Crippen LogP contribution in [-0.2, 0) is 0 Å². The van der Waals surface area contributed by atoms with Crippen LogP contribution < -0.4 is 10.1 Å². The van der Waals surface area contributed by atoms with Gasteiger partial charge in [0.1, 0.15) is 5.75 Å². The molecule has 1 aliphatic rings. The van der Waals surface area contributed by atoms with Crippen molar-refractivity contribution in [2.24, 2.45) is 5.92 Å². The zero-order valence-electron chi connectivity index (χ0n) is 15.5. The van der Waals surface area contributed by atoms with E-state index in [-0.39, 0.29) is 12.2 Å². The number of aliphatic hydroxyl groups excluding tert-OH is 1. The quantitative estimate of drug-likeness (QED) is 0.690. The summed E-state index contributed by atoms with van der Waals surface area (Å²) in [5.74, 6) is 1.82. The zero-order chi connectivity index (χ0) is 18.8. The van der Waals surface area contributed by atoms with Crippen molar-refractivity contribution in [1.29, 1.82) is 0 Å². The Balaban J connectivity index is 1.53. The van der Waals surface area contributed by atoms with Gasteiger partial charge in [-0.3, -0.25) is 0 Å². The van der Waals surface area contributed by atoms with Gasteiger partial charge in [0.05, 0.1) is 24.1 Å². The molecule has 1 aliphatic carbocycles. The van der Waals surface area contributed by atoms with Crippen molar-refractivity contribution in [2.45, 2.75) is 45.3 Å². The third-order valence-electron chi connectivity index (χ3n) is 4.71. The Morgan fingerprint density at radius 1 is 1.26 bits per heavy atom. The average molecular weight is 368 g/mol. The molecule has 2 N–H and O–H groups in total. The first kappa shape index (κ1) is 17.7. The first-order valence-electron chi connectivity index (χ1n) is 9.36. The van der Waals surface area contributed by atoms with Crippen molar-refractivity contribution < 1.29 is 9.84 Å². The lowest BCUT2D eigenvalue weighted by atomic mass is 10.1. The minimum Gasteiger partial charge on any atom is -0.491 e. The van der Waals surface area contributed by atoms with Crippen LogP contribution in [0.4, 0.5) is 5.95 Å². The van der Waals surface area contributed by atoms with Crippen LogP contribution in [0.1, 0.15) is 33.1 Å². The number of hydrogen-bond donors (Lipinski definition) is 2. The topological polar surface area (TPSA) is 98.0 Å². The third kappa shape index (κ3) is 4.00. The van der Waals surface area contributed by atoms with Crippen LogP contribution in [0.5, 0.6) is 5.75 Å². The highest BCUT2D eigenvalue weighted by molar-refractivity contribution is 5.72. The van der Waals surface area contributed by atoms with Gasteiger partial charge >= 0.3 is 0 Å². The first-order chi connectivity index (χ1) is 13.1. The molecule has 1 saturated carbocycles. The summed E-state index contributed by atoms with van der Waals surface area (Å²) in [5.41, 5.74) is 2.15. The van der Waals surface area contributed by atoms with Gasteiger partial charge in [-0.2, -0.15) is 9.67 Å². The number of rotatable bonds is 6. The molecule has 27 heavy (non-hydrogen) atoms. The molecule has 0 spiro atoms. The lowest BCUT2D eigenvalue weighted by Crippen LogP contribution is -2.14. The van der Waals surface area contributed by atoms with Crippen LogP contribution in [0.15, 0.2) is 30.5 Å². The molecular formula is C19H24N6O2. The maximum atomic E-state index is 9.65. The predicted molar refractivity (Wildman–Crippen MR) is 102 cm³/mol. The molecule has 142 valence electrons. The van der Waals surface area contributed by atoms with E-state index in [2.05, 4.69) is 25.6 Å². The maximum Gasteiger partial charge on any atom is 0.224 e. The fourth-order valence-electron chi connectivity index (χ4n) is 3.39. The number of nitrogens with one attached hydrogen (secondary N) is 1. The van der Waals surface area contributed by atoms with Crippen molar-refractivity contribution in [2.75, 3.05) is 11.9 Å². The summed E-state index contributed by atoms with van der Waals surface area (Å²) in [6.07, 6.45) is 4.37. The average Bonchev–Trinajstić information content (AvgIpc) is 3.26. The predicted octanol–water partition coefficient (Wildman–Crippen LogP) is 2.57. The van der Waals surface area contributed by atoms with E-state index in [4.69, 9.17) is 4.74 Å². The van der Waals surface area contributed by atoms with E-state index in [1.165, 1.54) is 0 Å². The number of fused-ring (bicyclic) bond motifs is 1. The van der Waals surface area contributed by atoms with Crippen LogP contribution in [0, 0.1) is 5.92 Å². The van der Waals surface area contributed by atoms with Crippen molar-refractivity contribution >= 4 is 17.1 Å². The van der Waals surface area contributed by atoms with Crippen LogP contribution in [-0.4, -0.2) is 48.8 Å². The summed E-state index contributed by atoms with van der Waals surface area (Å²) in [5, 5.41) is 21.3. The number of aromatic nitrogens is 5. The van der Waals surface area contributed by atoms with Gasteiger partial charge < -0.3 is 15.2 Å². The minimum absolute atomic E-state index is 0.130. The minimum atomic E-state index is -0.173. The molecule has 2 heterocycles. The summed E-state index contributed by atoms with van der Waals surface area (Å²) in [4.78, 5) is 8.90. The zero-order valence-corrected chi connectivity index (χ0v) is 15.5. The highest BCUT2D eigenvalue weighted by Gasteiger charge is 2.22. The molecular weight excluding hydrogens is 344 g/mol. The molecule has 1 aromatic carbocycles. The van der Waals surface area contributed by atoms with Crippen LogP contribution >= 0.6 is 0 Å². The SMILES string of the molecule is CC(C)Oc1ccc(-n2nnc3cnc(NC[C@@H]4CC[C@@H](O)C4)nc32)cc1. The Kier molecular flexibility index (Phi) is 4.89. The molecule has 0 amide bonds. The molecule has 1 fully saturated rings. The van der Waals surface area contributed by atoms with Crippen molar-refractivity contribution in [3.63, 3.8) is 0 Å². The number of hydrogen-bond acceptors (Lipinski definition) is 7. The van der Waals surface area contributed by atoms with E-state index in [0.29, 0.717) is 23.0 Å². The smallest absolute Gasteiger partial charge is 0.224 e. The van der Waals surface area contributed by atoms with Gasteiger partial charge in [-0.25, -0.2) is 4.98 Å². The largest absolute Gasteiger partial charge is 0.491 e. The van der Waals surface area contributed by atoms with E-state index < -0.39 is 0 Å². The lowest BCUT2D eigenvalue weighted by Gasteiger charge is -2.11. The molecule has 2 atom stereocenters. The summed E-state index contributed by atoms with van der Waals surface area (Å²) < 4.78 is 7.38. The number of benzene rings is 1. The normalized spacial score (nSPS) is 19.7. The van der Waals surface area contributed by atoms with Gasteiger partial charge in [0, 0.05) is 6.54 Å². The number of nitrogens with zero attached hydrogens (tertiary/aromatic N) is 5. The van der Waals surface area contributed by atoms with Gasteiger partial charge in [0.2, 0.25) is 5.95 Å². The van der Waals surface area contributed by atoms with Crippen molar-refractivity contribution in [3.05, 3.63) is 30.5 Å². The molecule has 0 aliphatic heterocycles. The number of aliphatic hydroxyl groups is 1. The standard InChI is InChI=1S/C19H24N6O2/c1-12(2)27-16-7-4-14(5-8-16)25-18-17(23-24-25)11-21-19(22-18)20-10-13-3-6-15(26)9-13/h4-5,7-8,11-13,15,26H,3,6,9-10H2,1-2H3,(H,20,21,22)/t13-,15-/m1/s1. The fraction of sp³-hybridized carbons (Fsp3) is 0.474. The van der Waals surface area contributed by atoms with Crippen LogP contribution in [0.2, 0.25) is 0 Å².